The molecular weight excluding hydrogens is 754 g/mol. The number of halogens is 2. The number of alkyl carbamates (subject to hydrolysis) is 2. The van der Waals surface area contributed by atoms with Gasteiger partial charge in [0.05, 0.1) is 0 Å². The Kier molecular flexibility index (Phi) is 21.7. The molecule has 4 rings (SSSR count). The molecule has 0 radical (unpaired) electrons. The van der Waals surface area contributed by atoms with Gasteiger partial charge in [0.25, 0.3) is 11.1 Å². The topological polar surface area (TPSA) is 266 Å². The molecule has 0 aliphatic heterocycles. The minimum atomic E-state index is -0.535. The van der Waals surface area contributed by atoms with Crippen molar-refractivity contribution in [3.8, 4) is 0 Å². The molecule has 0 bridgehead atoms. The first-order valence-corrected chi connectivity index (χ1v) is 18.2. The van der Waals surface area contributed by atoms with Crippen LogP contribution in [-0.2, 0) is 33.4 Å². The number of H-pyrrole nitrogens is 2. The Morgan fingerprint density at radius 3 is 1.51 bits per heavy atom. The van der Waals surface area contributed by atoms with Crippen molar-refractivity contribution in [1.82, 2.24) is 20.6 Å². The Labute approximate surface area is 329 Å². The van der Waals surface area contributed by atoms with Crippen LogP contribution in [0.2, 0.25) is 0 Å². The van der Waals surface area contributed by atoms with Crippen LogP contribution < -0.4 is 32.8 Å². The van der Waals surface area contributed by atoms with E-state index in [4.69, 9.17) is 34.4 Å². The third-order valence-electron chi connectivity index (χ3n) is 8.72. The van der Waals surface area contributed by atoms with E-state index < -0.39 is 34.5 Å². The summed E-state index contributed by atoms with van der Waals surface area (Å²) in [5, 5.41) is 9.09. The summed E-state index contributed by atoms with van der Waals surface area (Å²) in [7, 11) is 0. The highest BCUT2D eigenvalue weighted by molar-refractivity contribution is 5.80. The number of aromatic amines is 2. The van der Waals surface area contributed by atoms with E-state index in [0.717, 1.165) is 69.8 Å². The van der Waals surface area contributed by atoms with Crippen LogP contribution in [0.5, 0.6) is 0 Å². The molecule has 318 valence electrons. The molecule has 2 fully saturated rings. The largest absolute Gasteiger partial charge is 0.444 e. The van der Waals surface area contributed by atoms with Gasteiger partial charge in [-0.1, -0.05) is 13.8 Å². The zero-order valence-corrected chi connectivity index (χ0v) is 33.8. The van der Waals surface area contributed by atoms with Crippen molar-refractivity contribution in [2.24, 2.45) is 0 Å². The molecular formula is C38H56F2N6O11. The number of rotatable bonds is 6. The van der Waals surface area contributed by atoms with Gasteiger partial charge in [-0.05, 0) is 92.9 Å². The van der Waals surface area contributed by atoms with Gasteiger partial charge in [0.15, 0.2) is 0 Å². The molecule has 2 aliphatic rings. The van der Waals surface area contributed by atoms with Gasteiger partial charge in [0, 0.05) is 54.5 Å². The molecule has 2 heterocycles. The molecule has 2 amide bonds. The molecule has 0 spiro atoms. The van der Waals surface area contributed by atoms with Gasteiger partial charge in [-0.2, -0.15) is 19.2 Å². The van der Waals surface area contributed by atoms with Crippen LogP contribution in [0.3, 0.4) is 0 Å². The lowest BCUT2D eigenvalue weighted by molar-refractivity contribution is -0.193. The number of ether oxygens (including phenoxy) is 2. The Morgan fingerprint density at radius 1 is 0.754 bits per heavy atom. The number of aromatic nitrogens is 2. The predicted molar refractivity (Wildman–Crippen MR) is 203 cm³/mol. The van der Waals surface area contributed by atoms with Crippen LogP contribution in [0.4, 0.5) is 29.7 Å². The summed E-state index contributed by atoms with van der Waals surface area (Å²) in [5.74, 6) is -0.723. The summed E-state index contributed by atoms with van der Waals surface area (Å²) in [6, 6.07) is 2.25. The summed E-state index contributed by atoms with van der Waals surface area (Å²) in [5.41, 5.74) is 2.82. The second-order valence-corrected chi connectivity index (χ2v) is 15.3. The number of carbonyl (C=O) groups is 3. The van der Waals surface area contributed by atoms with E-state index in [1.54, 1.807) is 0 Å². The van der Waals surface area contributed by atoms with Gasteiger partial charge < -0.3 is 41.1 Å². The Balaban J connectivity index is 0.000000839. The van der Waals surface area contributed by atoms with Gasteiger partial charge in [-0.15, -0.1) is 0 Å². The molecule has 0 aromatic carbocycles. The first-order valence-electron chi connectivity index (χ1n) is 18.2. The fourth-order valence-electron chi connectivity index (χ4n) is 5.75. The highest BCUT2D eigenvalue weighted by Crippen LogP contribution is 2.33. The van der Waals surface area contributed by atoms with Gasteiger partial charge in [0.1, 0.15) is 40.0 Å². The molecule has 19 heteroatoms. The maximum Gasteiger partial charge on any atom is 0.408 e. The summed E-state index contributed by atoms with van der Waals surface area (Å²) < 4.78 is 36.0. The smallest absolute Gasteiger partial charge is 0.408 e. The SMILES string of the molecule is CCC1(NC(=O)OC(C)(C)C)CCC(=O)CC1.CCC1(NC(=O)OC(C)(C)C)CCC(Nc2cc(F)c[nH]c2=O)CC1.Nc1cc(F)c[nH]c1=O.O=C=O.O=C=O. The average Bonchev–Trinajstić information content (AvgIpc) is 3.10. The van der Waals surface area contributed by atoms with Crippen molar-refractivity contribution in [3.63, 3.8) is 0 Å². The minimum absolute atomic E-state index is 0.0722. The number of pyridine rings is 2. The third kappa shape index (κ3) is 21.3. The number of anilines is 2. The fraction of sp³-hybridized carbons (Fsp3) is 0.605. The molecule has 57 heavy (non-hydrogen) atoms. The maximum absolute atomic E-state index is 13.3. The van der Waals surface area contributed by atoms with Crippen molar-refractivity contribution in [1.29, 1.82) is 0 Å². The number of nitrogen functional groups attached to an aromatic ring is 1. The zero-order valence-electron chi connectivity index (χ0n) is 33.8. The van der Waals surface area contributed by atoms with Crippen LogP contribution in [-0.4, -0.2) is 68.6 Å². The molecule has 2 aromatic rings. The van der Waals surface area contributed by atoms with Gasteiger partial charge in [0.2, 0.25) is 0 Å². The molecule has 2 aromatic heterocycles. The first kappa shape index (κ1) is 51.3. The molecule has 2 saturated carbocycles. The van der Waals surface area contributed by atoms with Crippen molar-refractivity contribution in [2.75, 3.05) is 11.1 Å². The standard InChI is InChI=1S/C18H28FN3O3.C13H23NO3.C5H5FN2O.2CO2/c1-5-18(22-16(24)25-17(2,3)4)8-6-13(7-9-18)21-14-10-12(19)11-20-15(14)23;1-5-13(8-6-10(15)7-9-13)14-11(16)17-12(2,3)4;6-3-1-4(7)5(9)8-2-3;2*2-1-3/h10-11,13,21H,5-9H2,1-4H3,(H,20,23)(H,22,24);5-9H2,1-4H3,(H,14,16);1-2H,7H2,(H,8,9);;. The molecule has 17 nitrogen and oxygen atoms in total. The number of hydrogen-bond acceptors (Lipinski definition) is 13. The van der Waals surface area contributed by atoms with E-state index in [1.165, 1.54) is 6.07 Å². The van der Waals surface area contributed by atoms with Gasteiger partial charge in [-0.25, -0.2) is 18.4 Å². The molecule has 0 unspecified atom stereocenters. The summed E-state index contributed by atoms with van der Waals surface area (Å²) >= 11 is 0. The molecule has 2 aliphatic carbocycles. The van der Waals surface area contributed by atoms with E-state index in [0.29, 0.717) is 18.6 Å². The number of amides is 2. The number of carbonyl (C=O) groups excluding carboxylic acids is 7. The van der Waals surface area contributed by atoms with Gasteiger partial charge in [-0.3, -0.25) is 14.4 Å². The Morgan fingerprint density at radius 2 is 1.14 bits per heavy atom. The lowest BCUT2D eigenvalue weighted by Gasteiger charge is -2.40. The lowest BCUT2D eigenvalue weighted by atomic mass is 9.77. The molecule has 0 atom stereocenters. The van der Waals surface area contributed by atoms with E-state index in [2.05, 4.69) is 25.9 Å². The zero-order chi connectivity index (χ0) is 44.0. The Hall–Kier alpha value is -5.67. The monoisotopic (exact) mass is 810 g/mol. The molecule has 0 saturated heterocycles. The van der Waals surface area contributed by atoms with Gasteiger partial charge >= 0.3 is 24.5 Å². The van der Waals surface area contributed by atoms with E-state index in [-0.39, 0.29) is 52.4 Å². The fourth-order valence-corrected chi connectivity index (χ4v) is 5.75. The second-order valence-electron chi connectivity index (χ2n) is 15.3. The van der Waals surface area contributed by atoms with Crippen molar-refractivity contribution in [2.45, 2.75) is 148 Å². The van der Waals surface area contributed by atoms with Crippen LogP contribution >= 0.6 is 0 Å². The second kappa shape index (κ2) is 24.1. The van der Waals surface area contributed by atoms with Crippen LogP contribution in [0.15, 0.2) is 34.1 Å². The predicted octanol–water partition coefficient (Wildman–Crippen LogP) is 5.27. The third-order valence-corrected chi connectivity index (χ3v) is 8.72. The lowest BCUT2D eigenvalue weighted by Crippen LogP contribution is -2.52. The number of ketones is 1. The first-order chi connectivity index (χ1) is 26.4. The van der Waals surface area contributed by atoms with Crippen molar-refractivity contribution < 1.29 is 51.8 Å². The van der Waals surface area contributed by atoms with Crippen molar-refractivity contribution in [3.05, 3.63) is 56.9 Å². The highest BCUT2D eigenvalue weighted by Gasteiger charge is 2.37. The Bertz CT molecular complexity index is 1760. The normalized spacial score (nSPS) is 18.1. The van der Waals surface area contributed by atoms with E-state index >= 15 is 0 Å². The van der Waals surface area contributed by atoms with Crippen molar-refractivity contribution >= 4 is 41.6 Å². The summed E-state index contributed by atoms with van der Waals surface area (Å²) in [6.45, 7) is 15.1. The maximum atomic E-state index is 13.3. The number of nitrogens with two attached hydrogens (primary N) is 1. The quantitative estimate of drug-likeness (QED) is 0.217. The summed E-state index contributed by atoms with van der Waals surface area (Å²) in [6.07, 6.45) is 9.02. The van der Waals surface area contributed by atoms with Crippen LogP contribution in [0.25, 0.3) is 0 Å². The number of hydrogen-bond donors (Lipinski definition) is 6. The van der Waals surface area contributed by atoms with Crippen LogP contribution in [0, 0.1) is 11.6 Å². The highest BCUT2D eigenvalue weighted by atomic mass is 19.1. The van der Waals surface area contributed by atoms with E-state index in [9.17, 15) is 32.8 Å². The van der Waals surface area contributed by atoms with E-state index in [1.807, 2.05) is 55.4 Å². The number of Topliss-reactive ketones (excluding diaryl/α,β-unsaturated/α-hetero) is 1. The minimum Gasteiger partial charge on any atom is -0.444 e. The molecule has 7 N–H and O–H groups in total. The average molecular weight is 811 g/mol. The van der Waals surface area contributed by atoms with Crippen LogP contribution in [0.1, 0.15) is 120 Å². The summed E-state index contributed by atoms with van der Waals surface area (Å²) in [4.78, 5) is 94.3. The number of nitrogens with one attached hydrogen (secondary N) is 5.